The lowest BCUT2D eigenvalue weighted by Gasteiger charge is -2.16. The number of hydrogen-bond acceptors (Lipinski definition) is 1. The normalized spacial score (nSPS) is 12.9. The van der Waals surface area contributed by atoms with Crippen LogP contribution in [0, 0.1) is 19.7 Å². The second kappa shape index (κ2) is 5.26. The molecule has 0 fully saturated rings. The van der Waals surface area contributed by atoms with Gasteiger partial charge in [-0.1, -0.05) is 25.8 Å². The first-order valence-corrected chi connectivity index (χ1v) is 5.58. The molecule has 1 aromatic rings. The summed E-state index contributed by atoms with van der Waals surface area (Å²) < 4.78 is 13.7. The van der Waals surface area contributed by atoms with Crippen molar-refractivity contribution < 1.29 is 4.39 Å². The summed E-state index contributed by atoms with van der Waals surface area (Å²) in [6.07, 6.45) is 3.01. The van der Waals surface area contributed by atoms with Gasteiger partial charge < -0.3 is 5.73 Å². The van der Waals surface area contributed by atoms with Gasteiger partial charge >= 0.3 is 0 Å². The van der Waals surface area contributed by atoms with Crippen molar-refractivity contribution in [3.8, 4) is 0 Å². The van der Waals surface area contributed by atoms with E-state index in [-0.39, 0.29) is 11.9 Å². The monoisotopic (exact) mass is 209 g/mol. The van der Waals surface area contributed by atoms with Gasteiger partial charge in [0.2, 0.25) is 0 Å². The molecule has 2 N–H and O–H groups in total. The first-order chi connectivity index (χ1) is 7.06. The van der Waals surface area contributed by atoms with E-state index in [2.05, 4.69) is 6.92 Å². The van der Waals surface area contributed by atoms with Gasteiger partial charge in [-0.2, -0.15) is 0 Å². The maximum absolute atomic E-state index is 13.7. The molecule has 0 aromatic heterocycles. The van der Waals surface area contributed by atoms with Crippen LogP contribution in [-0.2, 0) is 0 Å². The number of hydrogen-bond donors (Lipinski definition) is 1. The van der Waals surface area contributed by atoms with E-state index in [1.807, 2.05) is 19.9 Å². The fraction of sp³-hybridized carbons (Fsp3) is 0.538. The molecule has 0 aliphatic rings. The number of rotatable bonds is 4. The van der Waals surface area contributed by atoms with Crippen LogP contribution in [0.25, 0.3) is 0 Å². The molecule has 84 valence electrons. The minimum absolute atomic E-state index is 0.156. The van der Waals surface area contributed by atoms with E-state index in [0.717, 1.165) is 30.4 Å². The zero-order valence-corrected chi connectivity index (χ0v) is 9.81. The Kier molecular flexibility index (Phi) is 4.28. The average molecular weight is 209 g/mol. The summed E-state index contributed by atoms with van der Waals surface area (Å²) in [5, 5.41) is 0. The first kappa shape index (κ1) is 12.2. The molecule has 0 saturated heterocycles. The smallest absolute Gasteiger partial charge is 0.128 e. The lowest BCUT2D eigenvalue weighted by Crippen LogP contribution is -2.14. The van der Waals surface area contributed by atoms with Gasteiger partial charge in [-0.3, -0.25) is 0 Å². The van der Waals surface area contributed by atoms with Crippen molar-refractivity contribution in [2.75, 3.05) is 0 Å². The molecule has 1 rings (SSSR count). The molecule has 0 amide bonds. The summed E-state index contributed by atoms with van der Waals surface area (Å²) in [6, 6.07) is 3.39. The van der Waals surface area contributed by atoms with E-state index in [4.69, 9.17) is 5.73 Å². The van der Waals surface area contributed by atoms with Crippen LogP contribution in [0.1, 0.15) is 48.9 Å². The maximum atomic E-state index is 13.7. The van der Waals surface area contributed by atoms with Crippen LogP contribution < -0.4 is 5.73 Å². The van der Waals surface area contributed by atoms with Crippen LogP contribution in [0.2, 0.25) is 0 Å². The third-order valence-corrected chi connectivity index (χ3v) is 2.72. The van der Waals surface area contributed by atoms with Crippen LogP contribution in [0.3, 0.4) is 0 Å². The fourth-order valence-corrected chi connectivity index (χ4v) is 1.96. The molecule has 2 heteroatoms. The van der Waals surface area contributed by atoms with Gasteiger partial charge in [0.05, 0.1) is 0 Å². The molecule has 0 heterocycles. The molecule has 0 bridgehead atoms. The van der Waals surface area contributed by atoms with Gasteiger partial charge in [-0.25, -0.2) is 4.39 Å². The van der Waals surface area contributed by atoms with Gasteiger partial charge in [-0.05, 0) is 37.5 Å². The Hall–Kier alpha value is -0.890. The lowest BCUT2D eigenvalue weighted by atomic mass is 9.95. The number of halogens is 1. The fourth-order valence-electron chi connectivity index (χ4n) is 1.96. The molecule has 1 unspecified atom stereocenters. The molecule has 0 aliphatic carbocycles. The summed E-state index contributed by atoms with van der Waals surface area (Å²) in [5.74, 6) is -0.156. The Morgan fingerprint density at radius 3 is 2.53 bits per heavy atom. The van der Waals surface area contributed by atoms with Gasteiger partial charge in [0.15, 0.2) is 0 Å². The van der Waals surface area contributed by atoms with Crippen molar-refractivity contribution in [2.24, 2.45) is 5.73 Å². The van der Waals surface area contributed by atoms with Crippen molar-refractivity contribution in [1.82, 2.24) is 0 Å². The molecule has 1 nitrogen and oxygen atoms in total. The third-order valence-electron chi connectivity index (χ3n) is 2.72. The Labute approximate surface area is 91.5 Å². The highest BCUT2D eigenvalue weighted by Crippen LogP contribution is 2.24. The zero-order chi connectivity index (χ0) is 11.4. The van der Waals surface area contributed by atoms with Crippen LogP contribution in [0.4, 0.5) is 4.39 Å². The Balaban J connectivity index is 2.92. The number of nitrogens with two attached hydrogens (primary N) is 1. The molecular weight excluding hydrogens is 189 g/mol. The standard InChI is InChI=1S/C13H20FN/c1-4-5-6-12(15)13-10(3)7-9(2)8-11(13)14/h7-8,12H,4-6,15H2,1-3H3. The highest BCUT2D eigenvalue weighted by molar-refractivity contribution is 5.34. The molecule has 0 spiro atoms. The minimum atomic E-state index is -0.162. The zero-order valence-electron chi connectivity index (χ0n) is 9.81. The van der Waals surface area contributed by atoms with Crippen molar-refractivity contribution in [3.05, 3.63) is 34.6 Å². The highest BCUT2D eigenvalue weighted by atomic mass is 19.1. The molecular formula is C13H20FN. The molecule has 0 aliphatic heterocycles. The van der Waals surface area contributed by atoms with Crippen LogP contribution in [0.5, 0.6) is 0 Å². The van der Waals surface area contributed by atoms with Gasteiger partial charge in [0, 0.05) is 11.6 Å². The predicted octanol–water partition coefficient (Wildman–Crippen LogP) is 3.63. The topological polar surface area (TPSA) is 26.0 Å². The SMILES string of the molecule is CCCCC(N)c1c(C)cc(C)cc1F. The summed E-state index contributed by atoms with van der Waals surface area (Å²) in [5.41, 5.74) is 8.61. The van der Waals surface area contributed by atoms with Gasteiger partial charge in [0.25, 0.3) is 0 Å². The van der Waals surface area contributed by atoms with E-state index >= 15 is 0 Å². The van der Waals surface area contributed by atoms with Crippen molar-refractivity contribution in [3.63, 3.8) is 0 Å². The maximum Gasteiger partial charge on any atom is 0.128 e. The first-order valence-electron chi connectivity index (χ1n) is 5.58. The van der Waals surface area contributed by atoms with Gasteiger partial charge in [-0.15, -0.1) is 0 Å². The third kappa shape index (κ3) is 3.03. The predicted molar refractivity (Wildman–Crippen MR) is 62.3 cm³/mol. The number of benzene rings is 1. The molecule has 1 atom stereocenters. The second-order valence-corrected chi connectivity index (χ2v) is 4.23. The molecule has 15 heavy (non-hydrogen) atoms. The second-order valence-electron chi connectivity index (χ2n) is 4.23. The molecule has 1 aromatic carbocycles. The summed E-state index contributed by atoms with van der Waals surface area (Å²) in [4.78, 5) is 0. The Morgan fingerprint density at radius 2 is 2.00 bits per heavy atom. The quantitative estimate of drug-likeness (QED) is 0.805. The number of aryl methyl sites for hydroxylation is 2. The van der Waals surface area contributed by atoms with E-state index in [0.29, 0.717) is 5.56 Å². The number of unbranched alkanes of at least 4 members (excludes halogenated alkanes) is 1. The van der Waals surface area contributed by atoms with Crippen molar-refractivity contribution in [2.45, 2.75) is 46.1 Å². The van der Waals surface area contributed by atoms with E-state index < -0.39 is 0 Å². The highest BCUT2D eigenvalue weighted by Gasteiger charge is 2.14. The largest absolute Gasteiger partial charge is 0.324 e. The lowest BCUT2D eigenvalue weighted by molar-refractivity contribution is 0.544. The van der Waals surface area contributed by atoms with Crippen molar-refractivity contribution >= 4 is 0 Å². The van der Waals surface area contributed by atoms with E-state index in [1.165, 1.54) is 0 Å². The van der Waals surface area contributed by atoms with Crippen LogP contribution >= 0.6 is 0 Å². The summed E-state index contributed by atoms with van der Waals surface area (Å²) in [6.45, 7) is 5.94. The van der Waals surface area contributed by atoms with Crippen molar-refractivity contribution in [1.29, 1.82) is 0 Å². The Bertz CT molecular complexity index is 310. The molecule has 0 saturated carbocycles. The van der Waals surface area contributed by atoms with Gasteiger partial charge in [0.1, 0.15) is 5.82 Å². The van der Waals surface area contributed by atoms with Crippen LogP contribution in [-0.4, -0.2) is 0 Å². The van der Waals surface area contributed by atoms with E-state index in [9.17, 15) is 4.39 Å². The minimum Gasteiger partial charge on any atom is -0.324 e. The average Bonchev–Trinajstić information content (AvgIpc) is 2.12. The Morgan fingerprint density at radius 1 is 1.33 bits per heavy atom. The van der Waals surface area contributed by atoms with Crippen LogP contribution in [0.15, 0.2) is 12.1 Å². The van der Waals surface area contributed by atoms with E-state index in [1.54, 1.807) is 6.07 Å². The summed E-state index contributed by atoms with van der Waals surface area (Å²) >= 11 is 0. The molecule has 0 radical (unpaired) electrons. The summed E-state index contributed by atoms with van der Waals surface area (Å²) in [7, 11) is 0.